The maximum atomic E-state index is 13.4. The Hall–Kier alpha value is -3.62. The highest BCUT2D eigenvalue weighted by Gasteiger charge is 2.54. The third-order valence-electron chi connectivity index (χ3n) is 6.60. The second-order valence-electron chi connectivity index (χ2n) is 8.39. The molecule has 1 N–H and O–H groups in total. The molecule has 166 valence electrons. The normalized spacial score (nSPS) is 22.8. The van der Waals surface area contributed by atoms with Crippen LogP contribution in [0.1, 0.15) is 34.5 Å². The molecule has 2 aliphatic heterocycles. The first kappa shape index (κ1) is 20.3. The van der Waals surface area contributed by atoms with Crippen molar-refractivity contribution in [3.63, 3.8) is 0 Å². The average Bonchev–Trinajstić information content (AvgIpc) is 3.43. The average molecular weight is 436 g/mol. The lowest BCUT2D eigenvalue weighted by molar-refractivity contribution is -0.140. The Kier molecular flexibility index (Phi) is 4.96. The minimum absolute atomic E-state index is 0.214. The van der Waals surface area contributed by atoms with Crippen LogP contribution in [0, 0.1) is 0 Å². The van der Waals surface area contributed by atoms with Crippen LogP contribution in [0.5, 0.6) is 0 Å². The number of fused-ring (bicyclic) bond motifs is 2. The monoisotopic (exact) mass is 436 g/mol. The van der Waals surface area contributed by atoms with Crippen LogP contribution >= 0.6 is 0 Å². The molecule has 1 spiro atoms. The van der Waals surface area contributed by atoms with Crippen molar-refractivity contribution in [3.8, 4) is 0 Å². The Labute approximate surface area is 184 Å². The van der Waals surface area contributed by atoms with Gasteiger partial charge in [-0.3, -0.25) is 19.3 Å². The molecule has 3 aliphatic rings. The molecule has 2 aromatic rings. The van der Waals surface area contributed by atoms with Gasteiger partial charge in [0.05, 0.1) is 6.26 Å². The summed E-state index contributed by atoms with van der Waals surface area (Å²) in [6.07, 6.45) is 3.62. The lowest BCUT2D eigenvalue weighted by atomic mass is 9.76. The molecule has 32 heavy (non-hydrogen) atoms. The van der Waals surface area contributed by atoms with E-state index >= 15 is 0 Å². The Morgan fingerprint density at radius 1 is 1.00 bits per heavy atom. The van der Waals surface area contributed by atoms with Crippen LogP contribution in [0.4, 0.5) is 4.79 Å². The van der Waals surface area contributed by atoms with Crippen LogP contribution in [0.3, 0.4) is 0 Å². The fourth-order valence-corrected chi connectivity index (χ4v) is 4.91. The van der Waals surface area contributed by atoms with Crippen LogP contribution in [0.15, 0.2) is 47.1 Å². The number of hydrogen-bond acceptors (Lipinski definition) is 5. The first-order valence-corrected chi connectivity index (χ1v) is 10.8. The third kappa shape index (κ3) is 3.24. The molecule has 5 amide bonds. The van der Waals surface area contributed by atoms with Crippen molar-refractivity contribution in [1.29, 1.82) is 0 Å². The van der Waals surface area contributed by atoms with Crippen LogP contribution in [-0.2, 0) is 21.5 Å². The van der Waals surface area contributed by atoms with Gasteiger partial charge in [-0.15, -0.1) is 0 Å². The summed E-state index contributed by atoms with van der Waals surface area (Å²) in [6, 6.07) is 10.4. The summed E-state index contributed by atoms with van der Waals surface area (Å²) in [5, 5.41) is 2.87. The smallest absolute Gasteiger partial charge is 0.325 e. The first-order valence-electron chi connectivity index (χ1n) is 10.8. The zero-order valence-corrected chi connectivity index (χ0v) is 17.6. The summed E-state index contributed by atoms with van der Waals surface area (Å²) in [4.78, 5) is 55.6. The molecule has 1 aromatic heterocycles. The van der Waals surface area contributed by atoms with Crippen molar-refractivity contribution in [3.05, 3.63) is 59.5 Å². The highest BCUT2D eigenvalue weighted by molar-refractivity contribution is 6.09. The Morgan fingerprint density at radius 3 is 2.50 bits per heavy atom. The van der Waals surface area contributed by atoms with Gasteiger partial charge >= 0.3 is 6.03 Å². The Balaban J connectivity index is 1.25. The van der Waals surface area contributed by atoms with Crippen molar-refractivity contribution in [2.45, 2.75) is 24.8 Å². The van der Waals surface area contributed by atoms with Gasteiger partial charge in [-0.05, 0) is 42.5 Å². The summed E-state index contributed by atoms with van der Waals surface area (Å²) in [6.45, 7) is 1.10. The molecule has 0 unspecified atom stereocenters. The van der Waals surface area contributed by atoms with Gasteiger partial charge in [0.2, 0.25) is 5.91 Å². The third-order valence-corrected chi connectivity index (χ3v) is 6.60. The first-order chi connectivity index (χ1) is 15.5. The van der Waals surface area contributed by atoms with E-state index in [9.17, 15) is 19.2 Å². The topological polar surface area (TPSA) is 103 Å². The molecule has 1 aromatic carbocycles. The predicted molar refractivity (Wildman–Crippen MR) is 112 cm³/mol. The van der Waals surface area contributed by atoms with E-state index in [1.165, 1.54) is 6.26 Å². The minimum Gasteiger partial charge on any atom is -0.459 e. The van der Waals surface area contributed by atoms with E-state index in [1.807, 2.05) is 24.3 Å². The van der Waals surface area contributed by atoms with E-state index in [0.29, 0.717) is 32.6 Å². The Bertz CT molecular complexity index is 1070. The molecule has 5 rings (SSSR count). The van der Waals surface area contributed by atoms with Crippen LogP contribution in [-0.4, -0.2) is 71.2 Å². The van der Waals surface area contributed by atoms with Gasteiger partial charge in [0.15, 0.2) is 5.76 Å². The quantitative estimate of drug-likeness (QED) is 0.732. The number of benzene rings is 1. The molecular weight excluding hydrogens is 412 g/mol. The van der Waals surface area contributed by atoms with E-state index in [2.05, 4.69) is 5.32 Å². The van der Waals surface area contributed by atoms with E-state index in [0.717, 1.165) is 28.9 Å². The van der Waals surface area contributed by atoms with Crippen molar-refractivity contribution >= 4 is 23.8 Å². The number of amides is 5. The number of hydrogen-bond donors (Lipinski definition) is 1. The zero-order chi connectivity index (χ0) is 22.3. The minimum atomic E-state index is -1.08. The van der Waals surface area contributed by atoms with Gasteiger partial charge in [-0.2, -0.15) is 0 Å². The van der Waals surface area contributed by atoms with Gasteiger partial charge in [-0.1, -0.05) is 24.3 Å². The second-order valence-corrected chi connectivity index (χ2v) is 8.39. The predicted octanol–water partition coefficient (Wildman–Crippen LogP) is 1.35. The lowest BCUT2D eigenvalue weighted by Crippen LogP contribution is -2.53. The summed E-state index contributed by atoms with van der Waals surface area (Å²) in [5.41, 5.74) is 0.794. The molecular formula is C23H24N4O5. The molecule has 9 heteroatoms. The van der Waals surface area contributed by atoms with Crippen molar-refractivity contribution in [2.75, 3.05) is 32.7 Å². The summed E-state index contributed by atoms with van der Waals surface area (Å²) < 4.78 is 5.15. The van der Waals surface area contributed by atoms with Crippen LogP contribution < -0.4 is 5.32 Å². The van der Waals surface area contributed by atoms with E-state index in [4.69, 9.17) is 4.42 Å². The maximum absolute atomic E-state index is 13.4. The number of urea groups is 1. The number of imide groups is 1. The van der Waals surface area contributed by atoms with Gasteiger partial charge in [0, 0.05) is 26.2 Å². The number of furan rings is 1. The number of carbonyl (C=O) groups excluding carboxylic acids is 4. The van der Waals surface area contributed by atoms with E-state index in [-0.39, 0.29) is 30.0 Å². The molecule has 0 radical (unpaired) electrons. The lowest BCUT2D eigenvalue weighted by Gasteiger charge is -2.35. The number of piperazine rings is 1. The number of aryl methyl sites for hydroxylation is 1. The molecule has 1 atom stereocenters. The van der Waals surface area contributed by atoms with Gasteiger partial charge in [-0.25, -0.2) is 4.79 Å². The SMILES string of the molecule is O=C(CN1C(=O)N[C@@]2(CCCc3ccccc32)C1=O)N1CCN(C(=O)c2ccco2)CC1. The van der Waals surface area contributed by atoms with E-state index in [1.54, 1.807) is 21.9 Å². The number of nitrogens with one attached hydrogen (secondary N) is 1. The van der Waals surface area contributed by atoms with Crippen molar-refractivity contribution in [2.24, 2.45) is 0 Å². The zero-order valence-electron chi connectivity index (χ0n) is 17.6. The summed E-state index contributed by atoms with van der Waals surface area (Å²) >= 11 is 0. The molecule has 0 saturated carbocycles. The number of nitrogens with zero attached hydrogens (tertiary/aromatic N) is 3. The highest BCUT2D eigenvalue weighted by Crippen LogP contribution is 2.39. The molecule has 1 aliphatic carbocycles. The highest BCUT2D eigenvalue weighted by atomic mass is 16.3. The maximum Gasteiger partial charge on any atom is 0.325 e. The number of rotatable bonds is 3. The summed E-state index contributed by atoms with van der Waals surface area (Å²) in [5.74, 6) is -0.620. The van der Waals surface area contributed by atoms with Crippen molar-refractivity contribution < 1.29 is 23.6 Å². The van der Waals surface area contributed by atoms with Gasteiger partial charge in [0.25, 0.3) is 11.8 Å². The fourth-order valence-electron chi connectivity index (χ4n) is 4.91. The molecule has 2 fully saturated rings. The largest absolute Gasteiger partial charge is 0.459 e. The van der Waals surface area contributed by atoms with Gasteiger partial charge < -0.3 is 19.5 Å². The standard InChI is InChI=1S/C23H24N4O5/c28-19(25-10-12-26(13-11-25)20(29)18-8-4-14-32-18)15-27-21(30)23(24-22(27)31)9-3-6-16-5-1-2-7-17(16)23/h1-2,4-5,7-8,14H,3,6,9-13,15H2,(H,24,31)/t23-/m1/s1. The van der Waals surface area contributed by atoms with E-state index < -0.39 is 11.6 Å². The molecule has 9 nitrogen and oxygen atoms in total. The molecule has 2 saturated heterocycles. The molecule has 3 heterocycles. The number of carbonyl (C=O) groups is 4. The second kappa shape index (κ2) is 7.81. The van der Waals surface area contributed by atoms with Crippen LogP contribution in [0.2, 0.25) is 0 Å². The summed E-state index contributed by atoms with van der Waals surface area (Å²) in [7, 11) is 0. The fraction of sp³-hybridized carbons (Fsp3) is 0.391. The van der Waals surface area contributed by atoms with Gasteiger partial charge in [0.1, 0.15) is 12.1 Å². The van der Waals surface area contributed by atoms with Crippen molar-refractivity contribution in [1.82, 2.24) is 20.0 Å². The molecule has 0 bridgehead atoms. The Morgan fingerprint density at radius 2 is 1.75 bits per heavy atom. The van der Waals surface area contributed by atoms with Crippen LogP contribution in [0.25, 0.3) is 0 Å².